The summed E-state index contributed by atoms with van der Waals surface area (Å²) >= 11 is 5.40. The summed E-state index contributed by atoms with van der Waals surface area (Å²) in [5.41, 5.74) is 0.582. The molecule has 0 fully saturated rings. The molecule has 2 aromatic carbocycles. The van der Waals surface area contributed by atoms with E-state index in [2.05, 4.69) is 15.3 Å². The summed E-state index contributed by atoms with van der Waals surface area (Å²) in [4.78, 5) is 13.1. The fraction of sp³-hybridized carbons (Fsp3) is 0.238. The Hall–Kier alpha value is -3.66. The van der Waals surface area contributed by atoms with Crippen LogP contribution in [0.4, 0.5) is 0 Å². The number of benzene rings is 2. The lowest BCUT2D eigenvalue weighted by atomic mass is 10.1. The summed E-state index contributed by atoms with van der Waals surface area (Å²) in [6.45, 7) is 0.310. The standard InChI is InChI=1S/C21H21N5O4S/c1-28-15-7-5-14(6-8-15)26-17(23-24-21(26)31)10-11-25-20(27)18-13(12-22-25)4-9-16(29-2)19(18)30-3/h4-9,12H,10-11H2,1-3H3,(H,24,31). The molecule has 160 valence electrons. The largest absolute Gasteiger partial charge is 0.497 e. The van der Waals surface area contributed by atoms with Gasteiger partial charge in [0.25, 0.3) is 5.56 Å². The normalized spacial score (nSPS) is 10.9. The van der Waals surface area contributed by atoms with Crippen molar-refractivity contribution in [3.8, 4) is 22.9 Å². The van der Waals surface area contributed by atoms with E-state index in [1.165, 1.54) is 18.9 Å². The average molecular weight is 439 g/mol. The van der Waals surface area contributed by atoms with E-state index in [-0.39, 0.29) is 5.56 Å². The molecule has 0 aliphatic carbocycles. The SMILES string of the molecule is COc1ccc(-n2c(CCn3ncc4ccc(OC)c(OC)c4c3=O)n[nH]c2=S)cc1. The molecule has 0 radical (unpaired) electrons. The van der Waals surface area contributed by atoms with E-state index in [4.69, 9.17) is 26.4 Å². The van der Waals surface area contributed by atoms with E-state index in [0.717, 1.165) is 11.4 Å². The van der Waals surface area contributed by atoms with E-state index in [1.54, 1.807) is 25.4 Å². The van der Waals surface area contributed by atoms with Crippen LogP contribution in [0, 0.1) is 4.77 Å². The first-order valence-corrected chi connectivity index (χ1v) is 9.89. The van der Waals surface area contributed by atoms with Gasteiger partial charge in [-0.25, -0.2) is 4.68 Å². The van der Waals surface area contributed by atoms with Crippen LogP contribution < -0.4 is 19.8 Å². The molecule has 0 saturated carbocycles. The average Bonchev–Trinajstić information content (AvgIpc) is 3.18. The van der Waals surface area contributed by atoms with Crippen molar-refractivity contribution in [2.75, 3.05) is 21.3 Å². The Bertz CT molecular complexity index is 1340. The van der Waals surface area contributed by atoms with Gasteiger partial charge in [0.15, 0.2) is 16.3 Å². The minimum absolute atomic E-state index is 0.265. The monoisotopic (exact) mass is 439 g/mol. The number of rotatable bonds is 7. The Kier molecular flexibility index (Phi) is 5.72. The van der Waals surface area contributed by atoms with Crippen LogP contribution in [0.2, 0.25) is 0 Å². The molecule has 0 saturated heterocycles. The van der Waals surface area contributed by atoms with Crippen LogP contribution in [0.5, 0.6) is 17.2 Å². The molecular weight excluding hydrogens is 418 g/mol. The van der Waals surface area contributed by atoms with Gasteiger partial charge >= 0.3 is 0 Å². The number of nitrogens with zero attached hydrogens (tertiary/aromatic N) is 4. The Morgan fingerprint density at radius 3 is 2.48 bits per heavy atom. The Labute approximate surface area is 182 Å². The van der Waals surface area contributed by atoms with Gasteiger partial charge in [-0.1, -0.05) is 0 Å². The summed E-state index contributed by atoms with van der Waals surface area (Å²) in [5.74, 6) is 2.31. The molecule has 9 nitrogen and oxygen atoms in total. The van der Waals surface area contributed by atoms with Crippen LogP contribution in [0.25, 0.3) is 16.5 Å². The first kappa shape index (κ1) is 20.6. The molecule has 2 heterocycles. The van der Waals surface area contributed by atoms with Gasteiger partial charge in [0.2, 0.25) is 0 Å². The zero-order valence-electron chi connectivity index (χ0n) is 17.3. The lowest BCUT2D eigenvalue weighted by molar-refractivity contribution is 0.358. The van der Waals surface area contributed by atoms with Crippen molar-refractivity contribution >= 4 is 23.0 Å². The molecule has 0 atom stereocenters. The molecule has 0 unspecified atom stereocenters. The highest BCUT2D eigenvalue weighted by Gasteiger charge is 2.16. The van der Waals surface area contributed by atoms with Gasteiger partial charge in [0, 0.05) is 17.5 Å². The quantitative estimate of drug-likeness (QED) is 0.442. The van der Waals surface area contributed by atoms with E-state index in [1.807, 2.05) is 28.8 Å². The second-order valence-corrected chi connectivity index (χ2v) is 7.05. The second kappa shape index (κ2) is 8.60. The number of ether oxygens (including phenoxy) is 3. The molecule has 0 aliphatic rings. The molecule has 0 amide bonds. The lowest BCUT2D eigenvalue weighted by Crippen LogP contribution is -2.24. The Balaban J connectivity index is 1.68. The summed E-state index contributed by atoms with van der Waals surface area (Å²) in [5, 5.41) is 12.6. The fourth-order valence-corrected chi connectivity index (χ4v) is 3.70. The summed E-state index contributed by atoms with van der Waals surface area (Å²) in [7, 11) is 4.65. The van der Waals surface area contributed by atoms with Crippen molar-refractivity contribution in [3.05, 3.63) is 63.5 Å². The fourth-order valence-electron chi connectivity index (χ4n) is 3.44. The van der Waals surface area contributed by atoms with Crippen molar-refractivity contribution in [2.45, 2.75) is 13.0 Å². The molecule has 0 aliphatic heterocycles. The number of aryl methyl sites for hydroxylation is 2. The number of aromatic nitrogens is 5. The van der Waals surface area contributed by atoms with Crippen LogP contribution in [-0.4, -0.2) is 45.9 Å². The van der Waals surface area contributed by atoms with Crippen LogP contribution >= 0.6 is 12.2 Å². The first-order valence-electron chi connectivity index (χ1n) is 9.49. The third-order valence-corrected chi connectivity index (χ3v) is 5.26. The van der Waals surface area contributed by atoms with Gasteiger partial charge in [-0.2, -0.15) is 10.2 Å². The van der Waals surface area contributed by atoms with Crippen molar-refractivity contribution in [1.29, 1.82) is 0 Å². The van der Waals surface area contributed by atoms with Crippen LogP contribution in [-0.2, 0) is 13.0 Å². The molecular formula is C21H21N5O4S. The number of H-pyrrole nitrogens is 1. The second-order valence-electron chi connectivity index (χ2n) is 6.67. The zero-order valence-corrected chi connectivity index (χ0v) is 18.1. The maximum atomic E-state index is 13.1. The molecule has 0 spiro atoms. The molecule has 10 heteroatoms. The van der Waals surface area contributed by atoms with Gasteiger partial charge < -0.3 is 14.2 Å². The van der Waals surface area contributed by atoms with E-state index in [0.29, 0.717) is 45.8 Å². The highest BCUT2D eigenvalue weighted by molar-refractivity contribution is 7.71. The summed E-state index contributed by atoms with van der Waals surface area (Å²) < 4.78 is 19.6. The molecule has 1 N–H and O–H groups in total. The van der Waals surface area contributed by atoms with Gasteiger partial charge in [-0.15, -0.1) is 0 Å². The summed E-state index contributed by atoms with van der Waals surface area (Å²) in [6.07, 6.45) is 2.07. The topological polar surface area (TPSA) is 96.2 Å². The van der Waals surface area contributed by atoms with Crippen LogP contribution in [0.1, 0.15) is 5.82 Å². The van der Waals surface area contributed by atoms with E-state index in [9.17, 15) is 4.79 Å². The van der Waals surface area contributed by atoms with Gasteiger partial charge in [-0.3, -0.25) is 14.5 Å². The van der Waals surface area contributed by atoms with Crippen molar-refractivity contribution in [1.82, 2.24) is 24.5 Å². The van der Waals surface area contributed by atoms with Gasteiger partial charge in [0.05, 0.1) is 39.5 Å². The third-order valence-electron chi connectivity index (χ3n) is 4.98. The minimum atomic E-state index is -0.265. The number of methoxy groups -OCH3 is 3. The minimum Gasteiger partial charge on any atom is -0.497 e. The van der Waals surface area contributed by atoms with Gasteiger partial charge in [-0.05, 0) is 48.6 Å². The zero-order chi connectivity index (χ0) is 22.0. The maximum absolute atomic E-state index is 13.1. The molecule has 0 bridgehead atoms. The number of hydrogen-bond acceptors (Lipinski definition) is 7. The number of hydrogen-bond donors (Lipinski definition) is 1. The van der Waals surface area contributed by atoms with Gasteiger partial charge in [0.1, 0.15) is 11.6 Å². The highest BCUT2D eigenvalue weighted by Crippen LogP contribution is 2.32. The van der Waals surface area contributed by atoms with E-state index < -0.39 is 0 Å². The molecule has 4 rings (SSSR count). The first-order chi connectivity index (χ1) is 15.1. The van der Waals surface area contributed by atoms with Crippen molar-refractivity contribution in [2.24, 2.45) is 0 Å². The molecule has 31 heavy (non-hydrogen) atoms. The predicted octanol–water partition coefficient (Wildman–Crippen LogP) is 2.91. The van der Waals surface area contributed by atoms with E-state index >= 15 is 0 Å². The van der Waals surface area contributed by atoms with Crippen molar-refractivity contribution in [3.63, 3.8) is 0 Å². The van der Waals surface area contributed by atoms with Crippen LogP contribution in [0.3, 0.4) is 0 Å². The molecule has 2 aromatic heterocycles. The predicted molar refractivity (Wildman–Crippen MR) is 118 cm³/mol. The third kappa shape index (κ3) is 3.77. The molecule has 4 aromatic rings. The maximum Gasteiger partial charge on any atom is 0.278 e. The van der Waals surface area contributed by atoms with Crippen LogP contribution in [0.15, 0.2) is 47.4 Å². The number of aromatic amines is 1. The Morgan fingerprint density at radius 1 is 1.03 bits per heavy atom. The highest BCUT2D eigenvalue weighted by atomic mass is 32.1. The Morgan fingerprint density at radius 2 is 1.81 bits per heavy atom. The summed E-state index contributed by atoms with van der Waals surface area (Å²) in [6, 6.07) is 11.0. The number of nitrogens with one attached hydrogen (secondary N) is 1. The number of fused-ring (bicyclic) bond motifs is 1. The smallest absolute Gasteiger partial charge is 0.278 e. The van der Waals surface area contributed by atoms with Crippen molar-refractivity contribution < 1.29 is 14.2 Å². The lowest BCUT2D eigenvalue weighted by Gasteiger charge is -2.12.